The molecule has 0 unspecified atom stereocenters. The lowest BCUT2D eigenvalue weighted by Crippen LogP contribution is -2.46. The predicted octanol–water partition coefficient (Wildman–Crippen LogP) is 3.14. The second kappa shape index (κ2) is 6.44. The van der Waals surface area contributed by atoms with Crippen LogP contribution in [0.4, 0.5) is 0 Å². The zero-order valence-corrected chi connectivity index (χ0v) is 15.8. The summed E-state index contributed by atoms with van der Waals surface area (Å²) < 4.78 is 18.1. The van der Waals surface area contributed by atoms with Crippen LogP contribution < -0.4 is 14.9 Å². The number of hydrogen-bond donors (Lipinski definition) is 0. The Morgan fingerprint density at radius 1 is 1.15 bits per heavy atom. The van der Waals surface area contributed by atoms with Gasteiger partial charge in [-0.3, -0.25) is 4.79 Å². The first-order valence-corrected chi connectivity index (χ1v) is 9.22. The Morgan fingerprint density at radius 2 is 1.85 bits per heavy atom. The van der Waals surface area contributed by atoms with Gasteiger partial charge in [-0.25, -0.2) is 4.79 Å². The number of benzene rings is 1. The third-order valence-corrected chi connectivity index (χ3v) is 5.75. The quantitative estimate of drug-likeness (QED) is 0.775. The molecule has 0 bridgehead atoms. The molecular weight excluding hydrogens is 346 g/mol. The maximum absolute atomic E-state index is 12.6. The third-order valence-electron chi connectivity index (χ3n) is 5.75. The van der Waals surface area contributed by atoms with Gasteiger partial charge in [0.15, 0.2) is 16.9 Å². The first-order chi connectivity index (χ1) is 13.0. The van der Waals surface area contributed by atoms with E-state index < -0.39 is 5.97 Å². The van der Waals surface area contributed by atoms with E-state index in [4.69, 9.17) is 14.2 Å². The SMILES string of the molecule is CCOC(=O)c1cn2c(cc1=O)-c1cc(OC)c(OC)cc1CC21CCC1. The van der Waals surface area contributed by atoms with Crippen LogP contribution in [0.2, 0.25) is 0 Å². The fourth-order valence-corrected chi connectivity index (χ4v) is 4.24. The Morgan fingerprint density at radius 3 is 2.44 bits per heavy atom. The Labute approximate surface area is 157 Å². The molecule has 6 nitrogen and oxygen atoms in total. The topological polar surface area (TPSA) is 66.8 Å². The number of carbonyl (C=O) groups excluding carboxylic acids is 1. The molecule has 0 atom stereocenters. The van der Waals surface area contributed by atoms with Crippen LogP contribution in [0.15, 0.2) is 29.2 Å². The number of hydrogen-bond acceptors (Lipinski definition) is 5. The molecule has 6 heteroatoms. The van der Waals surface area contributed by atoms with E-state index in [1.807, 2.05) is 12.1 Å². The van der Waals surface area contributed by atoms with Crippen molar-refractivity contribution in [3.8, 4) is 22.8 Å². The van der Waals surface area contributed by atoms with Crippen molar-refractivity contribution in [1.82, 2.24) is 4.57 Å². The molecule has 2 heterocycles. The predicted molar refractivity (Wildman–Crippen MR) is 101 cm³/mol. The third kappa shape index (κ3) is 2.62. The van der Waals surface area contributed by atoms with Crippen LogP contribution in [-0.2, 0) is 16.7 Å². The van der Waals surface area contributed by atoms with Crippen LogP contribution in [0, 0.1) is 0 Å². The van der Waals surface area contributed by atoms with Crippen molar-refractivity contribution in [3.05, 3.63) is 45.7 Å². The molecule has 4 rings (SSSR count). The van der Waals surface area contributed by atoms with Crippen molar-refractivity contribution in [2.75, 3.05) is 20.8 Å². The lowest BCUT2D eigenvalue weighted by atomic mass is 9.69. The largest absolute Gasteiger partial charge is 0.493 e. The summed E-state index contributed by atoms with van der Waals surface area (Å²) in [5, 5.41) is 0. The van der Waals surface area contributed by atoms with Gasteiger partial charge in [-0.15, -0.1) is 0 Å². The van der Waals surface area contributed by atoms with E-state index in [1.165, 1.54) is 0 Å². The molecule has 1 aliphatic carbocycles. The minimum Gasteiger partial charge on any atom is -0.493 e. The van der Waals surface area contributed by atoms with Gasteiger partial charge in [0.05, 0.1) is 26.5 Å². The normalized spacial score (nSPS) is 16.1. The zero-order valence-electron chi connectivity index (χ0n) is 15.8. The van der Waals surface area contributed by atoms with E-state index >= 15 is 0 Å². The van der Waals surface area contributed by atoms with E-state index in [2.05, 4.69) is 4.57 Å². The number of esters is 1. The van der Waals surface area contributed by atoms with Gasteiger partial charge in [0.1, 0.15) is 5.56 Å². The second-order valence-electron chi connectivity index (χ2n) is 7.15. The number of fused-ring (bicyclic) bond motifs is 4. The summed E-state index contributed by atoms with van der Waals surface area (Å²) in [7, 11) is 3.22. The van der Waals surface area contributed by atoms with Crippen molar-refractivity contribution in [3.63, 3.8) is 0 Å². The molecule has 1 spiro atoms. The standard InChI is InChI=1S/C21H23NO5/c1-4-27-20(24)15-12-22-16(10-17(15)23)14-9-19(26-3)18(25-2)8-13(14)11-21(22)6-5-7-21/h8-10,12H,4-7,11H2,1-3H3. The monoisotopic (exact) mass is 369 g/mol. The molecular formula is C21H23NO5. The number of carbonyl (C=O) groups is 1. The molecule has 27 heavy (non-hydrogen) atoms. The van der Waals surface area contributed by atoms with E-state index in [0.29, 0.717) is 11.5 Å². The highest BCUT2D eigenvalue weighted by Gasteiger charge is 2.43. The molecule has 0 saturated heterocycles. The molecule has 1 aromatic carbocycles. The van der Waals surface area contributed by atoms with Crippen molar-refractivity contribution >= 4 is 5.97 Å². The van der Waals surface area contributed by atoms with E-state index in [0.717, 1.165) is 42.5 Å². The van der Waals surface area contributed by atoms with Gasteiger partial charge in [-0.2, -0.15) is 0 Å². The number of nitrogens with zero attached hydrogens (tertiary/aromatic N) is 1. The van der Waals surface area contributed by atoms with Crippen molar-refractivity contribution in [1.29, 1.82) is 0 Å². The second-order valence-corrected chi connectivity index (χ2v) is 7.15. The van der Waals surface area contributed by atoms with Crippen LogP contribution in [0.5, 0.6) is 11.5 Å². The molecule has 1 aliphatic heterocycles. The summed E-state index contributed by atoms with van der Waals surface area (Å²) >= 11 is 0. The summed E-state index contributed by atoms with van der Waals surface area (Å²) in [5.74, 6) is 0.740. The lowest BCUT2D eigenvalue weighted by molar-refractivity contribution is 0.0521. The van der Waals surface area contributed by atoms with E-state index in [1.54, 1.807) is 33.4 Å². The Kier molecular flexibility index (Phi) is 4.21. The highest BCUT2D eigenvalue weighted by molar-refractivity contribution is 5.89. The fraction of sp³-hybridized carbons (Fsp3) is 0.429. The van der Waals surface area contributed by atoms with Gasteiger partial charge < -0.3 is 18.8 Å². The average Bonchev–Trinajstić information content (AvgIpc) is 2.64. The summed E-state index contributed by atoms with van der Waals surface area (Å²) in [6, 6.07) is 5.46. The van der Waals surface area contributed by atoms with Gasteiger partial charge in [0.2, 0.25) is 0 Å². The Bertz CT molecular complexity index is 971. The van der Waals surface area contributed by atoms with Crippen LogP contribution in [-0.4, -0.2) is 31.4 Å². The van der Waals surface area contributed by atoms with E-state index in [-0.39, 0.29) is 23.1 Å². The van der Waals surface area contributed by atoms with Crippen molar-refractivity contribution in [2.45, 2.75) is 38.1 Å². The fourth-order valence-electron chi connectivity index (χ4n) is 4.24. The van der Waals surface area contributed by atoms with Crippen LogP contribution in [0.1, 0.15) is 42.1 Å². The summed E-state index contributed by atoms with van der Waals surface area (Å²) in [6.45, 7) is 1.97. The van der Waals surface area contributed by atoms with Crippen molar-refractivity contribution < 1.29 is 19.0 Å². The maximum Gasteiger partial charge on any atom is 0.343 e. The summed E-state index contributed by atoms with van der Waals surface area (Å²) in [6.07, 6.45) is 5.68. The molecule has 2 aromatic rings. The van der Waals surface area contributed by atoms with Gasteiger partial charge >= 0.3 is 5.97 Å². The van der Waals surface area contributed by atoms with Crippen molar-refractivity contribution in [2.24, 2.45) is 0 Å². The van der Waals surface area contributed by atoms with Gasteiger partial charge in [-0.1, -0.05) is 0 Å². The van der Waals surface area contributed by atoms with Gasteiger partial charge in [-0.05, 0) is 50.3 Å². The maximum atomic E-state index is 12.6. The van der Waals surface area contributed by atoms with E-state index in [9.17, 15) is 9.59 Å². The molecule has 2 aliphatic rings. The Balaban J connectivity index is 1.94. The van der Waals surface area contributed by atoms with Gasteiger partial charge in [0, 0.05) is 23.4 Å². The smallest absolute Gasteiger partial charge is 0.343 e. The molecule has 1 aromatic heterocycles. The highest BCUT2D eigenvalue weighted by atomic mass is 16.5. The number of aromatic nitrogens is 1. The van der Waals surface area contributed by atoms with Crippen LogP contribution in [0.25, 0.3) is 11.3 Å². The molecule has 1 fully saturated rings. The molecule has 142 valence electrons. The summed E-state index contributed by atoms with van der Waals surface area (Å²) in [4.78, 5) is 24.9. The first kappa shape index (κ1) is 17.6. The molecule has 0 N–H and O–H groups in total. The number of ether oxygens (including phenoxy) is 3. The minimum absolute atomic E-state index is 0.0933. The number of pyridine rings is 1. The first-order valence-electron chi connectivity index (χ1n) is 9.22. The number of rotatable bonds is 4. The van der Waals surface area contributed by atoms with Crippen LogP contribution in [0.3, 0.4) is 0 Å². The Hall–Kier alpha value is -2.76. The molecule has 1 saturated carbocycles. The lowest BCUT2D eigenvalue weighted by Gasteiger charge is -2.48. The zero-order chi connectivity index (χ0) is 19.2. The number of methoxy groups -OCH3 is 2. The minimum atomic E-state index is -0.564. The molecule has 0 amide bonds. The molecule has 0 radical (unpaired) electrons. The highest BCUT2D eigenvalue weighted by Crippen LogP contribution is 2.50. The van der Waals surface area contributed by atoms with Gasteiger partial charge in [0.25, 0.3) is 0 Å². The van der Waals surface area contributed by atoms with Crippen LogP contribution >= 0.6 is 0 Å². The summed E-state index contributed by atoms with van der Waals surface area (Å²) in [5.41, 5.74) is 2.56. The average molecular weight is 369 g/mol.